The van der Waals surface area contributed by atoms with Crippen LogP contribution < -0.4 is 5.32 Å². The van der Waals surface area contributed by atoms with Gasteiger partial charge in [-0.15, -0.1) is 0 Å². The minimum Gasteiger partial charge on any atom is -0.322 e. The van der Waals surface area contributed by atoms with E-state index in [0.717, 1.165) is 22.4 Å². The number of aryl methyl sites for hydroxylation is 3. The Morgan fingerprint density at radius 2 is 1.50 bits per heavy atom. The number of carbonyl (C=O) groups excluding carboxylic acids is 1. The first-order chi connectivity index (χ1) is 11.2. The molecule has 2 aromatic rings. The molecule has 0 saturated heterocycles. The zero-order valence-electron chi connectivity index (χ0n) is 15.5. The normalized spacial score (nSPS) is 11.8. The third kappa shape index (κ3) is 4.58. The van der Waals surface area contributed by atoms with Gasteiger partial charge in [-0.3, -0.25) is 4.79 Å². The molecule has 1 N–H and O–H groups in total. The summed E-state index contributed by atoms with van der Waals surface area (Å²) in [6.07, 6.45) is 3.44. The smallest absolute Gasteiger partial charge is 0.248 e. The van der Waals surface area contributed by atoms with E-state index in [0.29, 0.717) is 0 Å². The van der Waals surface area contributed by atoms with Crippen molar-refractivity contribution in [3.63, 3.8) is 0 Å². The molecule has 0 aliphatic rings. The highest BCUT2D eigenvalue weighted by Gasteiger charge is 2.12. The average molecular weight is 321 g/mol. The maximum Gasteiger partial charge on any atom is 0.248 e. The molecular weight excluding hydrogens is 294 g/mol. The van der Waals surface area contributed by atoms with Crippen LogP contribution in [-0.4, -0.2) is 5.91 Å². The van der Waals surface area contributed by atoms with Crippen LogP contribution >= 0.6 is 0 Å². The first kappa shape index (κ1) is 18.0. The zero-order chi connectivity index (χ0) is 17.9. The molecule has 0 aliphatic carbocycles. The second-order valence-electron chi connectivity index (χ2n) is 7.47. The fourth-order valence-corrected chi connectivity index (χ4v) is 2.81. The van der Waals surface area contributed by atoms with Crippen molar-refractivity contribution >= 4 is 17.7 Å². The number of hydrogen-bond acceptors (Lipinski definition) is 1. The molecule has 24 heavy (non-hydrogen) atoms. The summed E-state index contributed by atoms with van der Waals surface area (Å²) in [5, 5.41) is 2.99. The van der Waals surface area contributed by atoms with E-state index in [9.17, 15) is 4.79 Å². The fraction of sp³-hybridized carbons (Fsp3) is 0.318. The number of amides is 1. The molecule has 2 nitrogen and oxygen atoms in total. The highest BCUT2D eigenvalue weighted by atomic mass is 16.1. The molecule has 2 rings (SSSR count). The van der Waals surface area contributed by atoms with Crippen molar-refractivity contribution in [3.05, 3.63) is 70.3 Å². The number of rotatable bonds is 3. The van der Waals surface area contributed by atoms with Crippen LogP contribution in [0.3, 0.4) is 0 Å². The average Bonchev–Trinajstić information content (AvgIpc) is 2.48. The van der Waals surface area contributed by atoms with Gasteiger partial charge < -0.3 is 5.32 Å². The van der Waals surface area contributed by atoms with Gasteiger partial charge in [0.15, 0.2) is 0 Å². The van der Waals surface area contributed by atoms with Crippen LogP contribution in [0.4, 0.5) is 5.69 Å². The molecule has 0 radical (unpaired) electrons. The van der Waals surface area contributed by atoms with Gasteiger partial charge in [0.25, 0.3) is 0 Å². The van der Waals surface area contributed by atoms with Gasteiger partial charge in [0.05, 0.1) is 0 Å². The van der Waals surface area contributed by atoms with Crippen molar-refractivity contribution in [2.45, 2.75) is 47.0 Å². The van der Waals surface area contributed by atoms with Crippen molar-refractivity contribution in [2.24, 2.45) is 0 Å². The van der Waals surface area contributed by atoms with E-state index >= 15 is 0 Å². The molecule has 0 fully saturated rings. The third-order valence-electron chi connectivity index (χ3n) is 4.13. The molecule has 0 aromatic heterocycles. The predicted octanol–water partition coefficient (Wildman–Crippen LogP) is 5.56. The number of nitrogens with one attached hydrogen (secondary N) is 1. The molecule has 2 aromatic carbocycles. The molecule has 2 heteroatoms. The Morgan fingerprint density at radius 1 is 0.958 bits per heavy atom. The number of carbonyl (C=O) groups is 1. The molecule has 1 amide bonds. The van der Waals surface area contributed by atoms with E-state index in [1.165, 1.54) is 11.1 Å². The van der Waals surface area contributed by atoms with E-state index in [1.54, 1.807) is 6.08 Å². The molecule has 126 valence electrons. The summed E-state index contributed by atoms with van der Waals surface area (Å²) in [6, 6.07) is 12.5. The Bertz CT molecular complexity index is 739. The van der Waals surface area contributed by atoms with E-state index in [4.69, 9.17) is 0 Å². The standard InChI is InChI=1S/C22H27NO/c1-15-13-16(2)21(17(3)14-15)23-20(24)12-9-18-7-10-19(11-8-18)22(4,5)6/h7-14H,1-6H3,(H,23,24)/b12-9+. The van der Waals surface area contributed by atoms with Gasteiger partial charge in [-0.2, -0.15) is 0 Å². The highest BCUT2D eigenvalue weighted by molar-refractivity contribution is 6.02. The Morgan fingerprint density at radius 3 is 2.00 bits per heavy atom. The van der Waals surface area contributed by atoms with Gasteiger partial charge in [-0.25, -0.2) is 0 Å². The van der Waals surface area contributed by atoms with Crippen molar-refractivity contribution in [3.8, 4) is 0 Å². The maximum atomic E-state index is 12.2. The number of benzene rings is 2. The van der Waals surface area contributed by atoms with Crippen LogP contribution in [0.15, 0.2) is 42.5 Å². The summed E-state index contributed by atoms with van der Waals surface area (Å²) >= 11 is 0. The van der Waals surface area contributed by atoms with Crippen molar-refractivity contribution in [1.29, 1.82) is 0 Å². The Balaban J connectivity index is 2.09. The lowest BCUT2D eigenvalue weighted by atomic mass is 9.87. The van der Waals surface area contributed by atoms with Crippen LogP contribution in [0, 0.1) is 20.8 Å². The Kier molecular flexibility index (Phi) is 5.28. The molecule has 0 unspecified atom stereocenters. The van der Waals surface area contributed by atoms with Gasteiger partial charge >= 0.3 is 0 Å². The molecule has 0 bridgehead atoms. The van der Waals surface area contributed by atoms with Crippen LogP contribution in [0.5, 0.6) is 0 Å². The highest BCUT2D eigenvalue weighted by Crippen LogP contribution is 2.23. The van der Waals surface area contributed by atoms with Gasteiger partial charge in [0.2, 0.25) is 5.91 Å². The maximum absolute atomic E-state index is 12.2. The Labute approximate surface area is 145 Å². The van der Waals surface area contributed by atoms with E-state index < -0.39 is 0 Å². The SMILES string of the molecule is Cc1cc(C)c(NC(=O)/C=C/c2ccc(C(C)(C)C)cc2)c(C)c1. The van der Waals surface area contributed by atoms with Gasteiger partial charge in [0.1, 0.15) is 0 Å². The molecule has 0 atom stereocenters. The van der Waals surface area contributed by atoms with Gasteiger partial charge in [0, 0.05) is 11.8 Å². The molecule has 0 saturated carbocycles. The quantitative estimate of drug-likeness (QED) is 0.737. The summed E-state index contributed by atoms with van der Waals surface area (Å²) in [4.78, 5) is 12.2. The lowest BCUT2D eigenvalue weighted by Crippen LogP contribution is -2.11. The first-order valence-corrected chi connectivity index (χ1v) is 8.34. The summed E-state index contributed by atoms with van der Waals surface area (Å²) in [5.41, 5.74) is 6.73. The van der Waals surface area contributed by atoms with Crippen molar-refractivity contribution in [1.82, 2.24) is 0 Å². The van der Waals surface area contributed by atoms with Crippen LogP contribution in [-0.2, 0) is 10.2 Å². The fourth-order valence-electron chi connectivity index (χ4n) is 2.81. The molecule has 0 aliphatic heterocycles. The summed E-state index contributed by atoms with van der Waals surface area (Å²) in [7, 11) is 0. The minimum absolute atomic E-state index is 0.107. The summed E-state index contributed by atoms with van der Waals surface area (Å²) in [5.74, 6) is -0.107. The summed E-state index contributed by atoms with van der Waals surface area (Å²) < 4.78 is 0. The second kappa shape index (κ2) is 7.04. The van der Waals surface area contributed by atoms with Crippen molar-refractivity contribution in [2.75, 3.05) is 5.32 Å². The first-order valence-electron chi connectivity index (χ1n) is 8.34. The number of anilines is 1. The largest absolute Gasteiger partial charge is 0.322 e. The molecule has 0 heterocycles. The van der Waals surface area contributed by atoms with Gasteiger partial charge in [-0.1, -0.05) is 62.7 Å². The Hall–Kier alpha value is -2.35. The summed E-state index contributed by atoms with van der Waals surface area (Å²) in [6.45, 7) is 12.7. The van der Waals surface area contributed by atoms with E-state index in [2.05, 4.69) is 57.3 Å². The van der Waals surface area contributed by atoms with Crippen molar-refractivity contribution < 1.29 is 4.79 Å². The molecular formula is C22H27NO. The lowest BCUT2D eigenvalue weighted by molar-refractivity contribution is -0.111. The second-order valence-corrected chi connectivity index (χ2v) is 7.47. The van der Waals surface area contributed by atoms with E-state index in [-0.39, 0.29) is 11.3 Å². The van der Waals surface area contributed by atoms with Crippen LogP contribution in [0.25, 0.3) is 6.08 Å². The topological polar surface area (TPSA) is 29.1 Å². The number of hydrogen-bond donors (Lipinski definition) is 1. The van der Waals surface area contributed by atoms with Crippen LogP contribution in [0.2, 0.25) is 0 Å². The van der Waals surface area contributed by atoms with Gasteiger partial charge in [-0.05, 0) is 54.5 Å². The third-order valence-corrected chi connectivity index (χ3v) is 4.13. The van der Waals surface area contributed by atoms with E-state index in [1.807, 2.05) is 32.1 Å². The molecule has 0 spiro atoms. The van der Waals surface area contributed by atoms with Crippen LogP contribution in [0.1, 0.15) is 48.6 Å². The minimum atomic E-state index is -0.107. The predicted molar refractivity (Wildman–Crippen MR) is 103 cm³/mol. The monoisotopic (exact) mass is 321 g/mol. The lowest BCUT2D eigenvalue weighted by Gasteiger charge is -2.18. The zero-order valence-corrected chi connectivity index (χ0v) is 15.5.